The molecule has 2 amide bonds. The molecule has 3 atom stereocenters. The predicted octanol–water partition coefficient (Wildman–Crippen LogP) is 1.18. The number of anilines is 2. The number of aromatic nitrogens is 1. The lowest BCUT2D eigenvalue weighted by molar-refractivity contribution is -0.141. The van der Waals surface area contributed by atoms with E-state index in [9.17, 15) is 28.0 Å². The van der Waals surface area contributed by atoms with Crippen LogP contribution in [-0.4, -0.2) is 58.1 Å². The summed E-state index contributed by atoms with van der Waals surface area (Å²) in [5, 5.41) is 12.5. The third-order valence-electron chi connectivity index (χ3n) is 3.92. The Morgan fingerprint density at radius 3 is 2.79 bits per heavy atom. The lowest BCUT2D eigenvalue weighted by Gasteiger charge is -2.25. The number of nitrogens with zero attached hydrogens (tertiary/aromatic N) is 3. The molecule has 1 aromatic rings. The molecule has 1 aliphatic heterocycles. The van der Waals surface area contributed by atoms with Crippen molar-refractivity contribution in [3.05, 3.63) is 18.2 Å². The van der Waals surface area contributed by atoms with Crippen molar-refractivity contribution in [1.29, 1.82) is 5.26 Å². The molecule has 1 saturated heterocycles. The summed E-state index contributed by atoms with van der Waals surface area (Å²) in [6, 6.07) is 6.68. The molecule has 28 heavy (non-hydrogen) atoms. The zero-order chi connectivity index (χ0) is 20.9. The maximum Gasteiger partial charge on any atom is 0.405 e. The van der Waals surface area contributed by atoms with Crippen LogP contribution in [0.5, 0.6) is 0 Å². The van der Waals surface area contributed by atoms with Crippen LogP contribution in [0, 0.1) is 17.2 Å². The monoisotopic (exact) mass is 416 g/mol. The topological polar surface area (TPSA) is 124 Å². The zero-order valence-electron chi connectivity index (χ0n) is 14.9. The first kappa shape index (κ1) is 21.6. The number of alkyl halides is 3. The van der Waals surface area contributed by atoms with Gasteiger partial charge >= 0.3 is 6.18 Å². The fourth-order valence-corrected chi connectivity index (χ4v) is 4.15. The number of rotatable bonds is 7. The second-order valence-corrected chi connectivity index (χ2v) is 7.23. The fourth-order valence-electron chi connectivity index (χ4n) is 2.64. The molecule has 2 rings (SSSR count). The highest BCUT2D eigenvalue weighted by Gasteiger charge is 2.46. The summed E-state index contributed by atoms with van der Waals surface area (Å²) in [4.78, 5) is 30.0. The van der Waals surface area contributed by atoms with Gasteiger partial charge < -0.3 is 21.3 Å². The number of carbonyl (C=O) groups is 2. The van der Waals surface area contributed by atoms with E-state index in [4.69, 9.17) is 5.73 Å². The summed E-state index contributed by atoms with van der Waals surface area (Å²) in [5.74, 6) is -2.03. The number of halogens is 3. The summed E-state index contributed by atoms with van der Waals surface area (Å²) < 4.78 is 37.0. The van der Waals surface area contributed by atoms with Crippen LogP contribution in [0.25, 0.3) is 0 Å². The maximum absolute atomic E-state index is 12.6. The Balaban J connectivity index is 2.06. The van der Waals surface area contributed by atoms with Gasteiger partial charge in [-0.3, -0.25) is 9.59 Å². The van der Waals surface area contributed by atoms with E-state index in [2.05, 4.69) is 10.3 Å². The van der Waals surface area contributed by atoms with Crippen LogP contribution >= 0.6 is 11.8 Å². The largest absolute Gasteiger partial charge is 0.405 e. The Morgan fingerprint density at radius 1 is 1.50 bits per heavy atom. The predicted molar refractivity (Wildman–Crippen MR) is 97.9 cm³/mol. The lowest BCUT2D eigenvalue weighted by atomic mass is 10.1. The standard InChI is InChI=1S/C16H19F3N6O2S/c1-2-25-14(27)10(7-22-12-5-3-4-11(21)24-12)28-15(25)9(6-20)13(26)23-8-16(17,18)19/h3-5,9-10,15H,2,7-8H2,1H3,(H,23,26)(H3,21,22,24)/t9?,10-,15+/m1/s1. The van der Waals surface area contributed by atoms with Gasteiger partial charge in [-0.15, -0.1) is 11.8 Å². The van der Waals surface area contributed by atoms with Crippen molar-refractivity contribution in [3.8, 4) is 6.07 Å². The Kier molecular flexibility index (Phi) is 6.95. The number of nitrogens with two attached hydrogens (primary N) is 1. The zero-order valence-corrected chi connectivity index (χ0v) is 15.7. The van der Waals surface area contributed by atoms with E-state index < -0.39 is 35.2 Å². The van der Waals surface area contributed by atoms with Gasteiger partial charge in [-0.05, 0) is 19.1 Å². The minimum atomic E-state index is -4.59. The molecule has 1 aromatic heterocycles. The van der Waals surface area contributed by atoms with Gasteiger partial charge in [0.2, 0.25) is 11.8 Å². The lowest BCUT2D eigenvalue weighted by Crippen LogP contribution is -2.45. The van der Waals surface area contributed by atoms with E-state index in [1.165, 1.54) is 4.90 Å². The Labute approximate surface area is 163 Å². The SMILES string of the molecule is CCN1C(=O)[C@@H](CNc2cccc(N)n2)S[C@H]1C(C#N)C(=O)NCC(F)(F)F. The molecule has 1 unspecified atom stereocenters. The fraction of sp³-hybridized carbons (Fsp3) is 0.500. The number of nitriles is 1. The van der Waals surface area contributed by atoms with Gasteiger partial charge in [0.05, 0.1) is 6.07 Å². The molecule has 0 spiro atoms. The van der Waals surface area contributed by atoms with Gasteiger partial charge in [-0.25, -0.2) is 4.98 Å². The molecule has 12 heteroatoms. The third kappa shape index (κ3) is 5.41. The van der Waals surface area contributed by atoms with Crippen molar-refractivity contribution in [2.45, 2.75) is 23.7 Å². The highest BCUT2D eigenvalue weighted by molar-refractivity contribution is 8.01. The van der Waals surface area contributed by atoms with Crippen molar-refractivity contribution in [3.63, 3.8) is 0 Å². The van der Waals surface area contributed by atoms with Crippen LogP contribution in [0.15, 0.2) is 18.2 Å². The Hall–Kier alpha value is -2.68. The van der Waals surface area contributed by atoms with Gasteiger partial charge in [0.15, 0.2) is 5.92 Å². The number of pyridine rings is 1. The second-order valence-electron chi connectivity index (χ2n) is 5.91. The summed E-state index contributed by atoms with van der Waals surface area (Å²) in [6.45, 7) is 0.514. The van der Waals surface area contributed by atoms with Crippen LogP contribution in [0.3, 0.4) is 0 Å². The number of nitrogens with one attached hydrogen (secondary N) is 2. The van der Waals surface area contributed by atoms with Gasteiger partial charge in [-0.1, -0.05) is 6.07 Å². The first-order valence-corrected chi connectivity index (χ1v) is 9.27. The molecule has 0 aromatic carbocycles. The third-order valence-corrected chi connectivity index (χ3v) is 5.42. The number of carbonyl (C=O) groups excluding carboxylic acids is 2. The minimum absolute atomic E-state index is 0.162. The maximum atomic E-state index is 12.6. The van der Waals surface area contributed by atoms with Gasteiger partial charge in [0, 0.05) is 13.1 Å². The molecule has 4 N–H and O–H groups in total. The molecule has 1 fully saturated rings. The number of amides is 2. The molecule has 2 heterocycles. The number of thioether (sulfide) groups is 1. The number of hydrogen-bond acceptors (Lipinski definition) is 7. The minimum Gasteiger partial charge on any atom is -0.384 e. The molecular formula is C16H19F3N6O2S. The van der Waals surface area contributed by atoms with Gasteiger partial charge in [0.1, 0.15) is 28.8 Å². The normalized spacial score (nSPS) is 20.5. The van der Waals surface area contributed by atoms with Crippen molar-refractivity contribution in [2.75, 3.05) is 30.7 Å². The van der Waals surface area contributed by atoms with Crippen molar-refractivity contribution in [1.82, 2.24) is 15.2 Å². The van der Waals surface area contributed by atoms with Crippen LogP contribution in [0.1, 0.15) is 6.92 Å². The first-order valence-electron chi connectivity index (χ1n) is 8.32. The summed E-state index contributed by atoms with van der Waals surface area (Å²) in [5.41, 5.74) is 5.59. The Morgan fingerprint density at radius 2 is 2.21 bits per heavy atom. The second kappa shape index (κ2) is 9.01. The highest BCUT2D eigenvalue weighted by Crippen LogP contribution is 2.36. The van der Waals surface area contributed by atoms with E-state index in [-0.39, 0.29) is 19.0 Å². The van der Waals surface area contributed by atoms with E-state index in [0.29, 0.717) is 11.6 Å². The molecule has 0 radical (unpaired) electrons. The summed E-state index contributed by atoms with van der Waals surface area (Å²) >= 11 is 1.06. The van der Waals surface area contributed by atoms with E-state index in [1.807, 2.05) is 0 Å². The van der Waals surface area contributed by atoms with Crippen LogP contribution in [0.4, 0.5) is 24.8 Å². The summed E-state index contributed by atoms with van der Waals surface area (Å²) in [7, 11) is 0. The smallest absolute Gasteiger partial charge is 0.384 e. The Bertz CT molecular complexity index is 769. The molecule has 152 valence electrons. The van der Waals surface area contributed by atoms with Gasteiger partial charge in [0.25, 0.3) is 0 Å². The average Bonchev–Trinajstić information content (AvgIpc) is 2.94. The molecular weight excluding hydrogens is 397 g/mol. The first-order chi connectivity index (χ1) is 13.2. The van der Waals surface area contributed by atoms with Crippen LogP contribution < -0.4 is 16.4 Å². The molecule has 1 aliphatic rings. The number of nitrogen functional groups attached to an aromatic ring is 1. The summed E-state index contributed by atoms with van der Waals surface area (Å²) in [6.07, 6.45) is -4.59. The van der Waals surface area contributed by atoms with Crippen LogP contribution in [-0.2, 0) is 9.59 Å². The molecule has 8 nitrogen and oxygen atoms in total. The molecule has 0 aliphatic carbocycles. The van der Waals surface area contributed by atoms with E-state index in [0.717, 1.165) is 11.8 Å². The van der Waals surface area contributed by atoms with Crippen LogP contribution in [0.2, 0.25) is 0 Å². The van der Waals surface area contributed by atoms with Crippen molar-refractivity contribution in [2.24, 2.45) is 5.92 Å². The average molecular weight is 416 g/mol. The molecule has 0 bridgehead atoms. The van der Waals surface area contributed by atoms with Crippen molar-refractivity contribution >= 4 is 35.2 Å². The quantitative estimate of drug-likeness (QED) is 0.610. The van der Waals surface area contributed by atoms with Gasteiger partial charge in [-0.2, -0.15) is 18.4 Å². The molecule has 0 saturated carbocycles. The van der Waals surface area contributed by atoms with Crippen molar-refractivity contribution < 1.29 is 22.8 Å². The highest BCUT2D eigenvalue weighted by atomic mass is 32.2. The number of hydrogen-bond donors (Lipinski definition) is 3. The van der Waals surface area contributed by atoms with E-state index in [1.54, 1.807) is 36.5 Å². The van der Waals surface area contributed by atoms with E-state index >= 15 is 0 Å².